The quantitative estimate of drug-likeness (QED) is 0.790. The second kappa shape index (κ2) is 5.83. The largest absolute Gasteiger partial charge is 0.377 e. The molecule has 0 spiro atoms. The zero-order chi connectivity index (χ0) is 13.8. The number of hydrogen-bond acceptors (Lipinski definition) is 6. The van der Waals surface area contributed by atoms with Crippen LogP contribution >= 0.6 is 0 Å². The van der Waals surface area contributed by atoms with E-state index in [1.54, 1.807) is 0 Å². The molecule has 1 aromatic heterocycles. The number of hydrogen-bond donors (Lipinski definition) is 2. The molecule has 1 aliphatic rings. The van der Waals surface area contributed by atoms with Gasteiger partial charge in [-0.05, 0) is 13.8 Å². The van der Waals surface area contributed by atoms with Crippen LogP contribution < -0.4 is 16.0 Å². The minimum Gasteiger partial charge on any atom is -0.377 e. The molecule has 1 fully saturated rings. The molecule has 7 nitrogen and oxygen atoms in total. The Morgan fingerprint density at radius 1 is 1.63 bits per heavy atom. The van der Waals surface area contributed by atoms with Crippen molar-refractivity contribution in [3.05, 3.63) is 11.8 Å². The first-order valence-corrected chi connectivity index (χ1v) is 6.35. The van der Waals surface area contributed by atoms with Crippen LogP contribution in [0.25, 0.3) is 0 Å². The zero-order valence-corrected chi connectivity index (χ0v) is 11.2. The lowest BCUT2D eigenvalue weighted by Crippen LogP contribution is -2.53. The Morgan fingerprint density at radius 3 is 3.11 bits per heavy atom. The molecule has 0 radical (unpaired) electrons. The molecule has 0 aliphatic carbocycles. The minimum atomic E-state index is -0.475. The number of nitrogens with one attached hydrogen (secondary N) is 1. The summed E-state index contributed by atoms with van der Waals surface area (Å²) in [6.07, 6.45) is 0. The summed E-state index contributed by atoms with van der Waals surface area (Å²) in [6.45, 7) is 6.07. The van der Waals surface area contributed by atoms with Gasteiger partial charge in [0.25, 0.3) is 0 Å². The molecule has 0 aromatic carbocycles. The van der Waals surface area contributed by atoms with Crippen LogP contribution in [0.3, 0.4) is 0 Å². The highest BCUT2D eigenvalue weighted by atomic mass is 16.5. The molecule has 1 saturated heterocycles. The van der Waals surface area contributed by atoms with Crippen LogP contribution in [0.15, 0.2) is 6.07 Å². The van der Waals surface area contributed by atoms with Gasteiger partial charge in [-0.25, -0.2) is 4.98 Å². The molecule has 1 aromatic rings. The maximum absolute atomic E-state index is 11.5. The van der Waals surface area contributed by atoms with Crippen molar-refractivity contribution in [1.82, 2.24) is 9.97 Å². The van der Waals surface area contributed by atoms with E-state index in [0.29, 0.717) is 31.5 Å². The van der Waals surface area contributed by atoms with Crippen LogP contribution in [0.5, 0.6) is 0 Å². The molecule has 3 N–H and O–H groups in total. The number of primary amides is 1. The van der Waals surface area contributed by atoms with Crippen LogP contribution in [0.4, 0.5) is 11.8 Å². The lowest BCUT2D eigenvalue weighted by Gasteiger charge is -2.34. The van der Waals surface area contributed by atoms with Gasteiger partial charge in [0.2, 0.25) is 11.9 Å². The Hall–Kier alpha value is -1.89. The van der Waals surface area contributed by atoms with E-state index in [1.807, 2.05) is 24.8 Å². The van der Waals surface area contributed by atoms with Crippen molar-refractivity contribution in [3.63, 3.8) is 0 Å². The van der Waals surface area contributed by atoms with Crippen LogP contribution in [-0.4, -0.2) is 48.2 Å². The number of carbonyl (C=O) groups is 1. The van der Waals surface area contributed by atoms with Crippen LogP contribution in [-0.2, 0) is 9.53 Å². The van der Waals surface area contributed by atoms with Gasteiger partial charge in [0.1, 0.15) is 11.9 Å². The van der Waals surface area contributed by atoms with Gasteiger partial charge in [-0.2, -0.15) is 4.98 Å². The molecule has 2 heterocycles. The van der Waals surface area contributed by atoms with Gasteiger partial charge in [-0.3, -0.25) is 4.79 Å². The number of morpholine rings is 1. The first kappa shape index (κ1) is 13.5. The summed E-state index contributed by atoms with van der Waals surface area (Å²) in [6, 6.07) is 1.37. The van der Waals surface area contributed by atoms with E-state index in [0.717, 1.165) is 12.2 Å². The standard InChI is InChI=1S/C12H19N5O2/c1-3-14-12-15-8(2)6-10(16-12)17-4-5-19-7-9(17)11(13)18/h6,9H,3-5,7H2,1-2H3,(H2,13,18)(H,14,15,16). The van der Waals surface area contributed by atoms with Crippen molar-refractivity contribution in [2.24, 2.45) is 5.73 Å². The van der Waals surface area contributed by atoms with Gasteiger partial charge in [0.05, 0.1) is 13.2 Å². The molecular weight excluding hydrogens is 246 g/mol. The fourth-order valence-electron chi connectivity index (χ4n) is 2.05. The van der Waals surface area contributed by atoms with E-state index in [1.165, 1.54) is 0 Å². The number of nitrogens with two attached hydrogens (primary N) is 1. The van der Waals surface area contributed by atoms with E-state index in [2.05, 4.69) is 15.3 Å². The average Bonchev–Trinajstić information content (AvgIpc) is 2.38. The smallest absolute Gasteiger partial charge is 0.242 e. The molecular formula is C12H19N5O2. The van der Waals surface area contributed by atoms with Crippen molar-refractivity contribution in [2.45, 2.75) is 19.9 Å². The molecule has 19 heavy (non-hydrogen) atoms. The monoisotopic (exact) mass is 265 g/mol. The van der Waals surface area contributed by atoms with Gasteiger partial charge in [-0.15, -0.1) is 0 Å². The summed E-state index contributed by atoms with van der Waals surface area (Å²) >= 11 is 0. The van der Waals surface area contributed by atoms with Gasteiger partial charge in [-0.1, -0.05) is 0 Å². The van der Waals surface area contributed by atoms with Crippen LogP contribution in [0.2, 0.25) is 0 Å². The zero-order valence-electron chi connectivity index (χ0n) is 11.2. The van der Waals surface area contributed by atoms with E-state index in [9.17, 15) is 4.79 Å². The highest BCUT2D eigenvalue weighted by Gasteiger charge is 2.29. The molecule has 2 rings (SSSR count). The molecule has 7 heteroatoms. The van der Waals surface area contributed by atoms with Crippen LogP contribution in [0, 0.1) is 6.92 Å². The number of aryl methyl sites for hydroxylation is 1. The Morgan fingerprint density at radius 2 is 2.42 bits per heavy atom. The van der Waals surface area contributed by atoms with Gasteiger partial charge < -0.3 is 20.7 Å². The van der Waals surface area contributed by atoms with Crippen molar-refractivity contribution < 1.29 is 9.53 Å². The summed E-state index contributed by atoms with van der Waals surface area (Å²) < 4.78 is 5.30. The summed E-state index contributed by atoms with van der Waals surface area (Å²) in [4.78, 5) is 22.1. The van der Waals surface area contributed by atoms with Crippen molar-refractivity contribution in [1.29, 1.82) is 0 Å². The van der Waals surface area contributed by atoms with E-state index < -0.39 is 11.9 Å². The first-order chi connectivity index (χ1) is 9.11. The molecule has 0 bridgehead atoms. The summed E-state index contributed by atoms with van der Waals surface area (Å²) in [5.74, 6) is 0.865. The Labute approximate surface area is 112 Å². The first-order valence-electron chi connectivity index (χ1n) is 6.35. The Kier molecular flexibility index (Phi) is 4.16. The Bertz CT molecular complexity index is 465. The summed E-state index contributed by atoms with van der Waals surface area (Å²) in [7, 11) is 0. The van der Waals surface area contributed by atoms with E-state index in [-0.39, 0.29) is 0 Å². The predicted molar refractivity (Wildman–Crippen MR) is 72.1 cm³/mol. The fourth-order valence-corrected chi connectivity index (χ4v) is 2.05. The van der Waals surface area contributed by atoms with E-state index >= 15 is 0 Å². The summed E-state index contributed by atoms with van der Waals surface area (Å²) in [5, 5.41) is 3.08. The second-order valence-electron chi connectivity index (χ2n) is 4.41. The Balaban J connectivity index is 2.30. The van der Waals surface area contributed by atoms with E-state index in [4.69, 9.17) is 10.5 Å². The number of anilines is 2. The molecule has 1 unspecified atom stereocenters. The molecule has 1 amide bonds. The second-order valence-corrected chi connectivity index (χ2v) is 4.41. The third-order valence-corrected chi connectivity index (χ3v) is 2.93. The van der Waals surface area contributed by atoms with Crippen molar-refractivity contribution in [3.8, 4) is 0 Å². The number of nitrogens with zero attached hydrogens (tertiary/aromatic N) is 3. The maximum atomic E-state index is 11.5. The minimum absolute atomic E-state index is 0.301. The molecule has 1 atom stereocenters. The normalized spacial score (nSPS) is 19.3. The van der Waals surface area contributed by atoms with Crippen molar-refractivity contribution in [2.75, 3.05) is 36.5 Å². The lowest BCUT2D eigenvalue weighted by atomic mass is 10.2. The number of ether oxygens (including phenoxy) is 1. The van der Waals surface area contributed by atoms with Crippen LogP contribution in [0.1, 0.15) is 12.6 Å². The molecule has 104 valence electrons. The SMILES string of the molecule is CCNc1nc(C)cc(N2CCOCC2C(N)=O)n1. The number of rotatable bonds is 4. The lowest BCUT2D eigenvalue weighted by molar-refractivity contribution is -0.121. The third-order valence-electron chi connectivity index (χ3n) is 2.93. The molecule has 1 aliphatic heterocycles. The predicted octanol–water partition coefficient (Wildman–Crippen LogP) is -0.0927. The van der Waals surface area contributed by atoms with Gasteiger partial charge >= 0.3 is 0 Å². The topological polar surface area (TPSA) is 93.4 Å². The molecule has 0 saturated carbocycles. The number of aromatic nitrogens is 2. The fraction of sp³-hybridized carbons (Fsp3) is 0.583. The highest BCUT2D eigenvalue weighted by molar-refractivity contribution is 5.83. The average molecular weight is 265 g/mol. The number of amides is 1. The maximum Gasteiger partial charge on any atom is 0.242 e. The number of carbonyl (C=O) groups excluding carboxylic acids is 1. The van der Waals surface area contributed by atoms with Gasteiger partial charge in [0, 0.05) is 24.8 Å². The third kappa shape index (κ3) is 3.11. The summed E-state index contributed by atoms with van der Waals surface area (Å²) in [5.41, 5.74) is 6.25. The van der Waals surface area contributed by atoms with Crippen molar-refractivity contribution >= 4 is 17.7 Å². The highest BCUT2D eigenvalue weighted by Crippen LogP contribution is 2.19. The van der Waals surface area contributed by atoms with Gasteiger partial charge in [0.15, 0.2) is 0 Å².